The summed E-state index contributed by atoms with van der Waals surface area (Å²) in [7, 11) is 0. The van der Waals surface area contributed by atoms with Crippen molar-refractivity contribution in [2.24, 2.45) is 0 Å². The number of fused-ring (bicyclic) bond motifs is 1. The van der Waals surface area contributed by atoms with Crippen molar-refractivity contribution in [3.63, 3.8) is 0 Å². The highest BCUT2D eigenvalue weighted by Gasteiger charge is 2.19. The van der Waals surface area contributed by atoms with Crippen LogP contribution in [0.25, 0.3) is 22.4 Å². The van der Waals surface area contributed by atoms with Gasteiger partial charge in [-0.2, -0.15) is 4.98 Å². The number of benzene rings is 2. The Morgan fingerprint density at radius 1 is 1.10 bits per heavy atom. The van der Waals surface area contributed by atoms with Crippen molar-refractivity contribution < 1.29 is 9.32 Å². The first-order chi connectivity index (χ1) is 14.3. The molecule has 4 rings (SSSR count). The fourth-order valence-corrected chi connectivity index (χ4v) is 3.47. The molecule has 0 atom stereocenters. The van der Waals surface area contributed by atoms with E-state index in [0.717, 1.165) is 11.1 Å². The zero-order valence-electron chi connectivity index (χ0n) is 17.3. The quantitative estimate of drug-likeness (QED) is 0.546. The SMILES string of the molecule is Cc1ccc(NC(=O)Cn2c(=O)n(C(C)C)c3ccc(-c4noc(C)n4)cc32)cc1. The van der Waals surface area contributed by atoms with Gasteiger partial charge in [-0.1, -0.05) is 22.9 Å². The Balaban J connectivity index is 1.75. The Morgan fingerprint density at radius 3 is 2.47 bits per heavy atom. The van der Waals surface area contributed by atoms with Gasteiger partial charge >= 0.3 is 5.69 Å². The lowest BCUT2D eigenvalue weighted by Crippen LogP contribution is -2.30. The van der Waals surface area contributed by atoms with E-state index in [-0.39, 0.29) is 24.2 Å². The summed E-state index contributed by atoms with van der Waals surface area (Å²) in [5.74, 6) is 0.624. The molecule has 1 N–H and O–H groups in total. The number of aromatic nitrogens is 4. The van der Waals surface area contributed by atoms with Crippen LogP contribution in [0.4, 0.5) is 5.69 Å². The molecule has 0 unspecified atom stereocenters. The van der Waals surface area contributed by atoms with Crippen LogP contribution in [0, 0.1) is 13.8 Å². The van der Waals surface area contributed by atoms with Gasteiger partial charge < -0.3 is 9.84 Å². The second-order valence-electron chi connectivity index (χ2n) is 7.59. The van der Waals surface area contributed by atoms with Crippen LogP contribution in [0.3, 0.4) is 0 Å². The van der Waals surface area contributed by atoms with Gasteiger partial charge in [0.2, 0.25) is 17.6 Å². The van der Waals surface area contributed by atoms with E-state index in [0.29, 0.717) is 28.5 Å². The van der Waals surface area contributed by atoms with E-state index >= 15 is 0 Å². The van der Waals surface area contributed by atoms with Crippen LogP contribution >= 0.6 is 0 Å². The highest BCUT2D eigenvalue weighted by molar-refractivity contribution is 5.92. The van der Waals surface area contributed by atoms with Crippen LogP contribution in [0.2, 0.25) is 0 Å². The van der Waals surface area contributed by atoms with Crippen LogP contribution in [-0.4, -0.2) is 25.2 Å². The Hall–Kier alpha value is -3.68. The van der Waals surface area contributed by atoms with Crippen molar-refractivity contribution in [1.82, 2.24) is 19.3 Å². The van der Waals surface area contributed by atoms with Gasteiger partial charge in [-0.3, -0.25) is 13.9 Å². The zero-order valence-corrected chi connectivity index (χ0v) is 17.3. The molecule has 0 spiro atoms. The number of carbonyl (C=O) groups is 1. The van der Waals surface area contributed by atoms with Crippen LogP contribution in [0.1, 0.15) is 31.3 Å². The number of imidazole rings is 1. The van der Waals surface area contributed by atoms with E-state index in [1.165, 1.54) is 4.57 Å². The zero-order chi connectivity index (χ0) is 21.4. The number of rotatable bonds is 5. The van der Waals surface area contributed by atoms with Crippen LogP contribution in [0.15, 0.2) is 51.8 Å². The molecule has 2 aromatic carbocycles. The number of aryl methyl sites for hydroxylation is 2. The van der Waals surface area contributed by atoms with Gasteiger partial charge in [0.25, 0.3) is 0 Å². The molecule has 0 fully saturated rings. The maximum Gasteiger partial charge on any atom is 0.329 e. The van der Waals surface area contributed by atoms with Crippen molar-refractivity contribution in [1.29, 1.82) is 0 Å². The van der Waals surface area contributed by atoms with Gasteiger partial charge in [-0.05, 0) is 51.1 Å². The number of hydrogen-bond donors (Lipinski definition) is 1. The maximum atomic E-state index is 13.1. The van der Waals surface area contributed by atoms with Gasteiger partial charge in [-0.15, -0.1) is 0 Å². The van der Waals surface area contributed by atoms with Crippen molar-refractivity contribution in [2.75, 3.05) is 5.32 Å². The van der Waals surface area contributed by atoms with E-state index in [9.17, 15) is 9.59 Å². The molecule has 0 aliphatic rings. The van der Waals surface area contributed by atoms with Crippen molar-refractivity contribution in [2.45, 2.75) is 40.3 Å². The minimum Gasteiger partial charge on any atom is -0.339 e. The minimum absolute atomic E-state index is 0.0559. The number of nitrogens with one attached hydrogen (secondary N) is 1. The largest absolute Gasteiger partial charge is 0.339 e. The molecule has 0 bridgehead atoms. The Bertz CT molecular complexity index is 1280. The van der Waals surface area contributed by atoms with Crippen LogP contribution in [-0.2, 0) is 11.3 Å². The van der Waals surface area contributed by atoms with E-state index in [1.807, 2.05) is 63.2 Å². The number of carbonyl (C=O) groups excluding carboxylic acids is 1. The summed E-state index contributed by atoms with van der Waals surface area (Å²) >= 11 is 0. The van der Waals surface area contributed by atoms with E-state index in [2.05, 4.69) is 15.5 Å². The van der Waals surface area contributed by atoms with E-state index < -0.39 is 0 Å². The Labute approximate surface area is 173 Å². The smallest absolute Gasteiger partial charge is 0.329 e. The fraction of sp³-hybridized carbons (Fsp3) is 0.273. The number of nitrogens with zero attached hydrogens (tertiary/aromatic N) is 4. The van der Waals surface area contributed by atoms with Gasteiger partial charge in [0.05, 0.1) is 11.0 Å². The first-order valence-electron chi connectivity index (χ1n) is 9.75. The summed E-state index contributed by atoms with van der Waals surface area (Å²) in [6, 6.07) is 13.0. The molecular weight excluding hydrogens is 382 g/mol. The van der Waals surface area contributed by atoms with Crippen molar-refractivity contribution in [3.8, 4) is 11.4 Å². The predicted octanol–water partition coefficient (Wildman–Crippen LogP) is 3.69. The summed E-state index contributed by atoms with van der Waals surface area (Å²) in [6.45, 7) is 7.48. The van der Waals surface area contributed by atoms with Crippen LogP contribution in [0.5, 0.6) is 0 Å². The molecule has 154 valence electrons. The molecule has 0 saturated carbocycles. The van der Waals surface area contributed by atoms with E-state index in [1.54, 1.807) is 11.5 Å². The second kappa shape index (κ2) is 7.62. The predicted molar refractivity (Wildman–Crippen MR) is 114 cm³/mol. The minimum atomic E-state index is -0.274. The van der Waals surface area contributed by atoms with Gasteiger partial charge in [-0.25, -0.2) is 4.79 Å². The number of anilines is 1. The number of hydrogen-bond acceptors (Lipinski definition) is 5. The standard InChI is InChI=1S/C22H23N5O3/c1-13(2)27-18-10-7-16(21-23-15(4)30-25-21)11-19(18)26(22(27)29)12-20(28)24-17-8-5-14(3)6-9-17/h5-11,13H,12H2,1-4H3,(H,24,28). The molecule has 0 radical (unpaired) electrons. The van der Waals surface area contributed by atoms with Crippen LogP contribution < -0.4 is 11.0 Å². The lowest BCUT2D eigenvalue weighted by Gasteiger charge is -2.07. The Morgan fingerprint density at radius 2 is 1.83 bits per heavy atom. The fourth-order valence-electron chi connectivity index (χ4n) is 3.47. The topological polar surface area (TPSA) is 95.0 Å². The lowest BCUT2D eigenvalue weighted by molar-refractivity contribution is -0.116. The second-order valence-corrected chi connectivity index (χ2v) is 7.59. The van der Waals surface area contributed by atoms with Gasteiger partial charge in [0, 0.05) is 24.2 Å². The molecule has 2 aromatic heterocycles. The normalized spacial score (nSPS) is 11.4. The van der Waals surface area contributed by atoms with E-state index in [4.69, 9.17) is 4.52 Å². The maximum absolute atomic E-state index is 13.1. The Kier molecular flexibility index (Phi) is 4.99. The molecule has 2 heterocycles. The third-order valence-corrected chi connectivity index (χ3v) is 4.90. The molecule has 0 aliphatic carbocycles. The highest BCUT2D eigenvalue weighted by atomic mass is 16.5. The molecule has 4 aromatic rings. The molecule has 0 saturated heterocycles. The first kappa shape index (κ1) is 19.6. The third kappa shape index (κ3) is 3.63. The average Bonchev–Trinajstić information content (AvgIpc) is 3.25. The monoisotopic (exact) mass is 405 g/mol. The van der Waals surface area contributed by atoms with Crippen molar-refractivity contribution in [3.05, 3.63) is 64.4 Å². The highest BCUT2D eigenvalue weighted by Crippen LogP contribution is 2.24. The molecule has 30 heavy (non-hydrogen) atoms. The molecule has 0 aliphatic heterocycles. The van der Waals surface area contributed by atoms with Gasteiger partial charge in [0.1, 0.15) is 6.54 Å². The molecular formula is C22H23N5O3. The summed E-state index contributed by atoms with van der Waals surface area (Å²) in [5, 5.41) is 6.80. The summed E-state index contributed by atoms with van der Waals surface area (Å²) in [5.41, 5.74) is 3.67. The molecule has 8 heteroatoms. The summed E-state index contributed by atoms with van der Waals surface area (Å²) < 4.78 is 8.23. The molecule has 1 amide bonds. The summed E-state index contributed by atoms with van der Waals surface area (Å²) in [4.78, 5) is 30.0. The third-order valence-electron chi connectivity index (χ3n) is 4.90. The lowest BCUT2D eigenvalue weighted by atomic mass is 10.2. The first-order valence-corrected chi connectivity index (χ1v) is 9.75. The molecule has 8 nitrogen and oxygen atoms in total. The average molecular weight is 405 g/mol. The number of amides is 1. The summed E-state index contributed by atoms with van der Waals surface area (Å²) in [6.07, 6.45) is 0. The van der Waals surface area contributed by atoms with Crippen molar-refractivity contribution >= 4 is 22.6 Å². The van der Waals surface area contributed by atoms with Gasteiger partial charge in [0.15, 0.2) is 0 Å².